The molecule has 0 amide bonds. The number of aromatic nitrogens is 2. The normalized spacial score (nSPS) is 11.6. The summed E-state index contributed by atoms with van der Waals surface area (Å²) in [6, 6.07) is 14.8. The van der Waals surface area contributed by atoms with Crippen LogP contribution in [0.4, 0.5) is 5.69 Å². The Morgan fingerprint density at radius 3 is 2.60 bits per heavy atom. The summed E-state index contributed by atoms with van der Waals surface area (Å²) in [4.78, 5) is 17.5. The monoisotopic (exact) mass is 461 g/mol. The van der Waals surface area contributed by atoms with E-state index in [1.165, 1.54) is 23.8 Å². The van der Waals surface area contributed by atoms with Crippen molar-refractivity contribution in [1.29, 1.82) is 0 Å². The first-order valence-corrected chi connectivity index (χ1v) is 11.4. The highest BCUT2D eigenvalue weighted by Gasteiger charge is 2.20. The molecule has 0 spiro atoms. The number of halogens is 1. The van der Waals surface area contributed by atoms with E-state index in [4.69, 9.17) is 16.3 Å². The van der Waals surface area contributed by atoms with Crippen molar-refractivity contribution in [3.63, 3.8) is 0 Å². The third-order valence-electron chi connectivity index (χ3n) is 4.44. The van der Waals surface area contributed by atoms with Crippen molar-refractivity contribution in [2.45, 2.75) is 11.1 Å². The Morgan fingerprint density at radius 2 is 1.90 bits per heavy atom. The zero-order valence-electron chi connectivity index (χ0n) is 15.9. The molecule has 1 N–H and O–H groups in total. The van der Waals surface area contributed by atoms with Crippen LogP contribution in [0.3, 0.4) is 0 Å². The van der Waals surface area contributed by atoms with Crippen molar-refractivity contribution in [3.05, 3.63) is 75.1 Å². The van der Waals surface area contributed by atoms with Crippen LogP contribution in [0.2, 0.25) is 4.34 Å². The van der Waals surface area contributed by atoms with Crippen molar-refractivity contribution in [3.8, 4) is 11.4 Å². The van der Waals surface area contributed by atoms with Gasteiger partial charge in [-0.15, -0.1) is 11.3 Å². The molecule has 2 aromatic heterocycles. The number of thiophene rings is 1. The highest BCUT2D eigenvalue weighted by Crippen LogP contribution is 2.32. The average molecular weight is 462 g/mol. The topological polar surface area (TPSA) is 90.3 Å². The van der Waals surface area contributed by atoms with Crippen molar-refractivity contribution in [2.24, 2.45) is 0 Å². The first-order chi connectivity index (χ1) is 14.3. The molecule has 4 aromatic rings. The Morgan fingerprint density at radius 1 is 1.13 bits per heavy atom. The number of hydrogen-bond acceptors (Lipinski definition) is 6. The van der Waals surface area contributed by atoms with E-state index in [1.54, 1.807) is 43.3 Å². The molecule has 0 saturated heterocycles. The Hall–Kier alpha value is -2.88. The number of nitrogens with one attached hydrogen (secondary N) is 1. The Bertz CT molecular complexity index is 1430. The number of fused-ring (bicyclic) bond motifs is 1. The fourth-order valence-electron chi connectivity index (χ4n) is 3.09. The molecular weight excluding hydrogens is 446 g/mol. The van der Waals surface area contributed by atoms with Crippen LogP contribution in [-0.2, 0) is 10.0 Å². The molecule has 4 rings (SSSR count). The lowest BCUT2D eigenvalue weighted by atomic mass is 10.2. The van der Waals surface area contributed by atoms with Crippen molar-refractivity contribution < 1.29 is 13.2 Å². The summed E-state index contributed by atoms with van der Waals surface area (Å²) in [7, 11) is -2.40. The van der Waals surface area contributed by atoms with Gasteiger partial charge in [0.2, 0.25) is 0 Å². The van der Waals surface area contributed by atoms with Gasteiger partial charge < -0.3 is 4.74 Å². The number of hydrogen-bond donors (Lipinski definition) is 1. The number of ether oxygens (including phenoxy) is 1. The Kier molecular flexibility index (Phi) is 5.27. The maximum atomic E-state index is 13.0. The number of para-hydroxylation sites is 1. The van der Waals surface area contributed by atoms with E-state index in [0.717, 1.165) is 11.3 Å². The number of nitrogens with zero attached hydrogens (tertiary/aromatic N) is 2. The molecule has 0 radical (unpaired) electrons. The van der Waals surface area contributed by atoms with Gasteiger partial charge in [0.1, 0.15) is 15.8 Å². The summed E-state index contributed by atoms with van der Waals surface area (Å²) in [5.41, 5.74) is 1.14. The lowest BCUT2D eigenvalue weighted by Crippen LogP contribution is -2.22. The zero-order valence-corrected chi connectivity index (χ0v) is 18.3. The molecule has 0 aliphatic heterocycles. The van der Waals surface area contributed by atoms with Gasteiger partial charge in [0.15, 0.2) is 0 Å². The highest BCUT2D eigenvalue weighted by atomic mass is 35.5. The number of sulfonamides is 1. The van der Waals surface area contributed by atoms with Gasteiger partial charge in [0.25, 0.3) is 15.6 Å². The molecule has 0 bridgehead atoms. The molecule has 2 heterocycles. The van der Waals surface area contributed by atoms with Crippen LogP contribution < -0.4 is 15.0 Å². The Labute approximate surface area is 181 Å². The predicted octanol–water partition coefficient (Wildman–Crippen LogP) is 4.22. The van der Waals surface area contributed by atoms with E-state index >= 15 is 0 Å². The second-order valence-electron chi connectivity index (χ2n) is 6.37. The number of aryl methyl sites for hydroxylation is 1. The predicted molar refractivity (Wildman–Crippen MR) is 119 cm³/mol. The number of benzene rings is 2. The van der Waals surface area contributed by atoms with E-state index in [9.17, 15) is 13.2 Å². The largest absolute Gasteiger partial charge is 0.494 e. The van der Waals surface area contributed by atoms with E-state index < -0.39 is 10.0 Å². The fourth-order valence-corrected chi connectivity index (χ4v) is 5.64. The lowest BCUT2D eigenvalue weighted by molar-refractivity contribution is 0.416. The summed E-state index contributed by atoms with van der Waals surface area (Å²) in [5, 5.41) is 0.487. The molecular formula is C20H16ClN3O4S2. The minimum absolute atomic E-state index is 0.0874. The number of methoxy groups -OCH3 is 1. The van der Waals surface area contributed by atoms with Gasteiger partial charge in [0, 0.05) is 6.07 Å². The van der Waals surface area contributed by atoms with Crippen LogP contribution in [0.25, 0.3) is 16.6 Å². The molecule has 0 saturated carbocycles. The minimum Gasteiger partial charge on any atom is -0.494 e. The number of rotatable bonds is 5. The molecule has 154 valence electrons. The molecule has 0 atom stereocenters. The number of anilines is 1. The highest BCUT2D eigenvalue weighted by molar-refractivity contribution is 7.94. The summed E-state index contributed by atoms with van der Waals surface area (Å²) in [5.74, 6) is 0.764. The summed E-state index contributed by atoms with van der Waals surface area (Å²) in [6.45, 7) is 1.73. The van der Waals surface area contributed by atoms with Crippen LogP contribution in [-0.4, -0.2) is 25.1 Å². The molecule has 0 aliphatic rings. The zero-order chi connectivity index (χ0) is 21.5. The summed E-state index contributed by atoms with van der Waals surface area (Å²) in [6.07, 6.45) is 0. The van der Waals surface area contributed by atoms with Crippen LogP contribution in [0.5, 0.6) is 5.75 Å². The third kappa shape index (κ3) is 3.67. The van der Waals surface area contributed by atoms with E-state index in [1.807, 2.05) is 6.07 Å². The summed E-state index contributed by atoms with van der Waals surface area (Å²) >= 11 is 6.80. The smallest absolute Gasteiger partial charge is 0.271 e. The average Bonchev–Trinajstić information content (AvgIpc) is 3.16. The maximum Gasteiger partial charge on any atom is 0.271 e. The van der Waals surface area contributed by atoms with Gasteiger partial charge in [0.05, 0.1) is 33.7 Å². The van der Waals surface area contributed by atoms with Gasteiger partial charge in [-0.1, -0.05) is 23.7 Å². The van der Waals surface area contributed by atoms with Gasteiger partial charge in [-0.25, -0.2) is 13.4 Å². The second kappa shape index (κ2) is 7.75. The fraction of sp³-hybridized carbons (Fsp3) is 0.100. The van der Waals surface area contributed by atoms with E-state index in [-0.39, 0.29) is 21.2 Å². The molecule has 0 aliphatic carbocycles. The van der Waals surface area contributed by atoms with Gasteiger partial charge in [-0.05, 0) is 43.3 Å². The third-order valence-corrected chi connectivity index (χ3v) is 7.53. The van der Waals surface area contributed by atoms with Crippen LogP contribution in [0, 0.1) is 6.92 Å². The van der Waals surface area contributed by atoms with Crippen LogP contribution in [0.15, 0.2) is 63.6 Å². The van der Waals surface area contributed by atoms with E-state index in [0.29, 0.717) is 26.8 Å². The van der Waals surface area contributed by atoms with E-state index in [2.05, 4.69) is 9.71 Å². The van der Waals surface area contributed by atoms with Crippen LogP contribution in [0.1, 0.15) is 5.82 Å². The van der Waals surface area contributed by atoms with Crippen molar-refractivity contribution >= 4 is 49.6 Å². The molecule has 2 aromatic carbocycles. The first kappa shape index (κ1) is 20.4. The van der Waals surface area contributed by atoms with Gasteiger partial charge >= 0.3 is 0 Å². The maximum absolute atomic E-state index is 13.0. The second-order valence-corrected chi connectivity index (χ2v) is 9.99. The van der Waals surface area contributed by atoms with Crippen molar-refractivity contribution in [2.75, 3.05) is 11.8 Å². The lowest BCUT2D eigenvalue weighted by Gasteiger charge is -2.15. The van der Waals surface area contributed by atoms with Crippen molar-refractivity contribution in [1.82, 2.24) is 9.55 Å². The SMILES string of the molecule is COc1cc(-n2c(C)nc3ccccc3c2=O)ccc1NS(=O)(=O)c1ccc(Cl)s1. The van der Waals surface area contributed by atoms with Gasteiger partial charge in [-0.2, -0.15) is 0 Å². The standard InChI is InChI=1S/C20H16ClN3O4S2/c1-12-22-15-6-4-3-5-14(15)20(25)24(12)13-7-8-16(17(11-13)28-2)23-30(26,27)19-10-9-18(21)29-19/h3-11,23H,1-2H3. The molecule has 7 nitrogen and oxygen atoms in total. The summed E-state index contributed by atoms with van der Waals surface area (Å²) < 4.78 is 35.0. The van der Waals surface area contributed by atoms with Gasteiger partial charge in [-0.3, -0.25) is 14.1 Å². The minimum atomic E-state index is -3.82. The molecule has 10 heteroatoms. The molecule has 0 fully saturated rings. The quantitative estimate of drug-likeness (QED) is 0.480. The first-order valence-electron chi connectivity index (χ1n) is 8.75. The molecule has 30 heavy (non-hydrogen) atoms. The molecule has 0 unspecified atom stereocenters. The van der Waals surface area contributed by atoms with Crippen LogP contribution >= 0.6 is 22.9 Å². The Balaban J connectivity index is 1.79.